The maximum atomic E-state index is 12.7. The lowest BCUT2D eigenvalue weighted by atomic mass is 9.90. The summed E-state index contributed by atoms with van der Waals surface area (Å²) in [6.45, 7) is 6.64. The molecule has 3 rings (SSSR count). The van der Waals surface area contributed by atoms with Gasteiger partial charge in [-0.1, -0.05) is 18.2 Å². The normalized spacial score (nSPS) is 23.1. The van der Waals surface area contributed by atoms with E-state index in [-0.39, 0.29) is 5.91 Å². The van der Waals surface area contributed by atoms with Gasteiger partial charge in [-0.2, -0.15) is 5.10 Å². The first-order chi connectivity index (χ1) is 12.4. The van der Waals surface area contributed by atoms with Crippen molar-refractivity contribution in [1.29, 1.82) is 0 Å². The number of aromatic amines is 1. The Bertz CT molecular complexity index is 735. The van der Waals surface area contributed by atoms with Gasteiger partial charge in [0, 0.05) is 18.7 Å². The van der Waals surface area contributed by atoms with Crippen molar-refractivity contribution in [3.63, 3.8) is 0 Å². The summed E-state index contributed by atoms with van der Waals surface area (Å²) in [7, 11) is 0. The molecule has 0 spiro atoms. The highest BCUT2D eigenvalue weighted by atomic mass is 16.5. The molecular weight excluding hydrogens is 330 g/mol. The number of benzene rings is 1. The van der Waals surface area contributed by atoms with Crippen LogP contribution in [0.15, 0.2) is 30.3 Å². The number of rotatable bonds is 5. The van der Waals surface area contributed by atoms with Gasteiger partial charge in [-0.25, -0.2) is 0 Å². The number of para-hydroxylation sites is 1. The number of hydrogen-bond donors (Lipinski definition) is 2. The Kier molecular flexibility index (Phi) is 5.32. The van der Waals surface area contributed by atoms with E-state index in [1.54, 1.807) is 11.8 Å². The third-order valence-electron chi connectivity index (χ3n) is 5.21. The number of H-pyrrole nitrogens is 1. The van der Waals surface area contributed by atoms with Gasteiger partial charge in [-0.05, 0) is 51.3 Å². The molecule has 26 heavy (non-hydrogen) atoms. The number of aryl methyl sites for hydroxylation is 2. The second-order valence-corrected chi connectivity index (χ2v) is 7.28. The number of nitrogens with zero attached hydrogens (tertiary/aromatic N) is 2. The first kappa shape index (κ1) is 18.5. The highest BCUT2D eigenvalue weighted by molar-refractivity contribution is 5.76. The number of amides is 1. The minimum Gasteiger partial charge on any atom is -0.486 e. The van der Waals surface area contributed by atoms with Crippen LogP contribution in [0.2, 0.25) is 0 Å². The Balaban J connectivity index is 1.62. The number of aromatic nitrogens is 2. The predicted octanol–water partition coefficient (Wildman–Crippen LogP) is 2.39. The zero-order chi connectivity index (χ0) is 18.7. The summed E-state index contributed by atoms with van der Waals surface area (Å²) < 4.78 is 5.98. The Morgan fingerprint density at radius 2 is 2.12 bits per heavy atom. The van der Waals surface area contributed by atoms with Gasteiger partial charge in [-0.3, -0.25) is 9.89 Å². The molecule has 0 aliphatic carbocycles. The lowest BCUT2D eigenvalue weighted by molar-refractivity contribution is -0.143. The maximum absolute atomic E-state index is 12.7. The van der Waals surface area contributed by atoms with E-state index < -0.39 is 11.7 Å². The van der Waals surface area contributed by atoms with Gasteiger partial charge in [0.05, 0.1) is 12.2 Å². The number of carbonyl (C=O) groups excluding carboxylic acids is 1. The van der Waals surface area contributed by atoms with E-state index in [0.29, 0.717) is 38.1 Å². The molecule has 1 fully saturated rings. The van der Waals surface area contributed by atoms with Crippen LogP contribution in [0.3, 0.4) is 0 Å². The van der Waals surface area contributed by atoms with Crippen LogP contribution in [0, 0.1) is 13.8 Å². The van der Waals surface area contributed by atoms with Crippen LogP contribution in [0.5, 0.6) is 5.75 Å². The fraction of sp³-hybridized carbons (Fsp3) is 0.500. The number of nitrogens with one attached hydrogen (secondary N) is 1. The fourth-order valence-corrected chi connectivity index (χ4v) is 3.40. The average Bonchev–Trinajstić information content (AvgIpc) is 2.93. The second kappa shape index (κ2) is 7.50. The molecule has 1 aliphatic rings. The number of hydrogen-bond acceptors (Lipinski definition) is 4. The van der Waals surface area contributed by atoms with Crippen molar-refractivity contribution in [3.05, 3.63) is 47.3 Å². The summed E-state index contributed by atoms with van der Waals surface area (Å²) in [4.78, 5) is 14.5. The monoisotopic (exact) mass is 357 g/mol. The van der Waals surface area contributed by atoms with Crippen LogP contribution < -0.4 is 4.74 Å². The second-order valence-electron chi connectivity index (χ2n) is 7.28. The van der Waals surface area contributed by atoms with Gasteiger partial charge in [0.15, 0.2) is 0 Å². The molecule has 6 heteroatoms. The number of aliphatic hydroxyl groups is 1. The van der Waals surface area contributed by atoms with Gasteiger partial charge in [0.2, 0.25) is 5.91 Å². The summed E-state index contributed by atoms with van der Waals surface area (Å²) in [6.07, 6.45) is 1.16. The Morgan fingerprint density at radius 3 is 2.77 bits per heavy atom. The molecule has 0 unspecified atom stereocenters. The van der Waals surface area contributed by atoms with Crippen molar-refractivity contribution < 1.29 is 14.6 Å². The molecule has 1 aliphatic heterocycles. The molecule has 1 amide bonds. The summed E-state index contributed by atoms with van der Waals surface area (Å²) in [5.74, 6) is 0.791. The minimum absolute atomic E-state index is 0.0853. The Labute approximate surface area is 154 Å². The van der Waals surface area contributed by atoms with Crippen LogP contribution in [0.4, 0.5) is 0 Å². The van der Waals surface area contributed by atoms with Gasteiger partial charge >= 0.3 is 0 Å². The lowest BCUT2D eigenvalue weighted by Gasteiger charge is -2.42. The Hall–Kier alpha value is -2.34. The van der Waals surface area contributed by atoms with Crippen LogP contribution >= 0.6 is 0 Å². The maximum Gasteiger partial charge on any atom is 0.223 e. The fourth-order valence-electron chi connectivity index (χ4n) is 3.40. The van der Waals surface area contributed by atoms with Crippen molar-refractivity contribution in [2.45, 2.75) is 51.7 Å². The average molecular weight is 357 g/mol. The van der Waals surface area contributed by atoms with Gasteiger partial charge < -0.3 is 14.7 Å². The summed E-state index contributed by atoms with van der Waals surface area (Å²) >= 11 is 0. The smallest absolute Gasteiger partial charge is 0.223 e. The molecule has 0 saturated carbocycles. The standard InChI is InChI=1S/C20H27N3O3/c1-14-17(15(2)22-21-14)9-10-19(24)23-12-11-20(3,25)18(13-23)26-16-7-5-4-6-8-16/h4-8,18,25H,9-13H2,1-3H3,(H,21,22)/t18-,20-/m1/s1. The first-order valence-electron chi connectivity index (χ1n) is 9.09. The number of piperidine rings is 1. The first-order valence-corrected chi connectivity index (χ1v) is 9.09. The van der Waals surface area contributed by atoms with E-state index in [4.69, 9.17) is 4.74 Å². The van der Waals surface area contributed by atoms with E-state index >= 15 is 0 Å². The van der Waals surface area contributed by atoms with E-state index in [1.807, 2.05) is 44.2 Å². The van der Waals surface area contributed by atoms with E-state index in [2.05, 4.69) is 10.2 Å². The zero-order valence-corrected chi connectivity index (χ0v) is 15.7. The van der Waals surface area contributed by atoms with Gasteiger partial charge in [-0.15, -0.1) is 0 Å². The molecule has 0 bridgehead atoms. The third kappa shape index (κ3) is 4.07. The lowest BCUT2D eigenvalue weighted by Crippen LogP contribution is -2.57. The van der Waals surface area contributed by atoms with Crippen LogP contribution in [-0.2, 0) is 11.2 Å². The van der Waals surface area contributed by atoms with Crippen molar-refractivity contribution in [2.75, 3.05) is 13.1 Å². The largest absolute Gasteiger partial charge is 0.486 e. The van der Waals surface area contributed by atoms with Crippen LogP contribution in [0.1, 0.15) is 36.7 Å². The van der Waals surface area contributed by atoms with Crippen LogP contribution in [0.25, 0.3) is 0 Å². The summed E-state index contributed by atoms with van der Waals surface area (Å²) in [5.41, 5.74) is 2.12. The molecule has 140 valence electrons. The minimum atomic E-state index is -0.954. The van der Waals surface area contributed by atoms with E-state index in [9.17, 15) is 9.90 Å². The molecule has 6 nitrogen and oxygen atoms in total. The van der Waals surface area contributed by atoms with Crippen molar-refractivity contribution >= 4 is 5.91 Å². The SMILES string of the molecule is Cc1n[nH]c(C)c1CCC(=O)N1CC[C@@](C)(O)[C@H](Oc2ccccc2)C1. The van der Waals surface area contributed by atoms with Crippen LogP contribution in [-0.4, -0.2) is 50.9 Å². The molecule has 1 aromatic heterocycles. The number of likely N-dealkylation sites (tertiary alicyclic amines) is 1. The molecule has 0 radical (unpaired) electrons. The van der Waals surface area contributed by atoms with Crippen molar-refractivity contribution in [1.82, 2.24) is 15.1 Å². The molecule has 2 N–H and O–H groups in total. The van der Waals surface area contributed by atoms with Gasteiger partial charge in [0.25, 0.3) is 0 Å². The van der Waals surface area contributed by atoms with Gasteiger partial charge in [0.1, 0.15) is 17.5 Å². The zero-order valence-electron chi connectivity index (χ0n) is 15.7. The third-order valence-corrected chi connectivity index (χ3v) is 5.21. The molecule has 1 saturated heterocycles. The highest BCUT2D eigenvalue weighted by Gasteiger charge is 2.40. The summed E-state index contributed by atoms with van der Waals surface area (Å²) in [5, 5.41) is 17.8. The molecular formula is C20H27N3O3. The van der Waals surface area contributed by atoms with Crippen molar-refractivity contribution in [3.8, 4) is 5.75 Å². The quantitative estimate of drug-likeness (QED) is 0.861. The molecule has 2 atom stereocenters. The Morgan fingerprint density at radius 1 is 1.38 bits per heavy atom. The molecule has 2 aromatic rings. The van der Waals surface area contributed by atoms with E-state index in [0.717, 1.165) is 17.0 Å². The highest BCUT2D eigenvalue weighted by Crippen LogP contribution is 2.27. The van der Waals surface area contributed by atoms with E-state index in [1.165, 1.54) is 0 Å². The van der Waals surface area contributed by atoms with Crippen molar-refractivity contribution in [2.24, 2.45) is 0 Å². The molecule has 1 aromatic carbocycles. The number of ether oxygens (including phenoxy) is 1. The molecule has 2 heterocycles. The predicted molar refractivity (Wildman–Crippen MR) is 99.1 cm³/mol. The summed E-state index contributed by atoms with van der Waals surface area (Å²) in [6, 6.07) is 9.43. The topological polar surface area (TPSA) is 78.5 Å². The number of carbonyl (C=O) groups is 1.